The van der Waals surface area contributed by atoms with Crippen LogP contribution in [0, 0.1) is 0 Å². The minimum Gasteiger partial charge on any atom is -0.387 e. The van der Waals surface area contributed by atoms with Crippen molar-refractivity contribution in [2.24, 2.45) is 5.73 Å². The van der Waals surface area contributed by atoms with Crippen LogP contribution in [0.3, 0.4) is 0 Å². The first kappa shape index (κ1) is 15.7. The lowest BCUT2D eigenvalue weighted by Crippen LogP contribution is -2.19. The van der Waals surface area contributed by atoms with Gasteiger partial charge in [0.1, 0.15) is 0 Å². The van der Waals surface area contributed by atoms with E-state index in [0.29, 0.717) is 6.54 Å². The molecule has 2 aromatic rings. The van der Waals surface area contributed by atoms with Gasteiger partial charge in [-0.2, -0.15) is 0 Å². The minimum absolute atomic E-state index is 0.116. The zero-order valence-electron chi connectivity index (χ0n) is 9.82. The summed E-state index contributed by atoms with van der Waals surface area (Å²) >= 11 is 11.8. The lowest BCUT2D eigenvalue weighted by Gasteiger charge is -2.21. The lowest BCUT2D eigenvalue weighted by molar-refractivity contribution is 0.151. The van der Waals surface area contributed by atoms with E-state index in [4.69, 9.17) is 5.73 Å². The number of thiophene rings is 1. The molecule has 2 unspecified atom stereocenters. The van der Waals surface area contributed by atoms with Crippen molar-refractivity contribution < 1.29 is 5.11 Å². The molecule has 0 fully saturated rings. The van der Waals surface area contributed by atoms with Gasteiger partial charge < -0.3 is 10.8 Å². The van der Waals surface area contributed by atoms with Crippen molar-refractivity contribution in [1.82, 2.24) is 0 Å². The quantitative estimate of drug-likeness (QED) is 0.674. The van der Waals surface area contributed by atoms with E-state index in [-0.39, 0.29) is 5.92 Å². The molecule has 0 bridgehead atoms. The Labute approximate surface area is 141 Å². The van der Waals surface area contributed by atoms with Gasteiger partial charge in [0.2, 0.25) is 0 Å². The Morgan fingerprint density at radius 2 is 1.95 bits per heavy atom. The van der Waals surface area contributed by atoms with E-state index in [2.05, 4.69) is 47.8 Å². The molecular weight excluding hydrogens is 458 g/mol. The molecule has 0 saturated carbocycles. The van der Waals surface area contributed by atoms with Crippen LogP contribution in [0.5, 0.6) is 0 Å². The predicted molar refractivity (Wildman–Crippen MR) is 90.6 cm³/mol. The second-order valence-electron chi connectivity index (χ2n) is 4.11. The molecule has 0 aliphatic heterocycles. The molecule has 1 aromatic carbocycles. The molecule has 1 heterocycles. The van der Waals surface area contributed by atoms with Gasteiger partial charge in [0.05, 0.1) is 9.89 Å². The molecular formula is C13H12Br3NOS. The van der Waals surface area contributed by atoms with Crippen LogP contribution in [0.1, 0.15) is 22.5 Å². The van der Waals surface area contributed by atoms with Gasteiger partial charge in [-0.15, -0.1) is 11.3 Å². The fourth-order valence-electron chi connectivity index (χ4n) is 1.89. The highest BCUT2D eigenvalue weighted by Crippen LogP contribution is 2.40. The Morgan fingerprint density at radius 3 is 2.47 bits per heavy atom. The molecule has 1 aromatic heterocycles. The Balaban J connectivity index is 2.31. The maximum atomic E-state index is 10.5. The Hall–Kier alpha value is 0.280. The average molecular weight is 470 g/mol. The second-order valence-corrected chi connectivity index (χ2v) is 8.28. The van der Waals surface area contributed by atoms with Crippen LogP contribution in [0.2, 0.25) is 0 Å². The van der Waals surface area contributed by atoms with E-state index in [9.17, 15) is 5.11 Å². The summed E-state index contributed by atoms with van der Waals surface area (Å²) in [4.78, 5) is 0.897. The maximum Gasteiger partial charge on any atom is 0.0963 e. The third-order valence-corrected chi connectivity index (χ3v) is 6.69. The van der Waals surface area contributed by atoms with Crippen molar-refractivity contribution in [3.63, 3.8) is 0 Å². The van der Waals surface area contributed by atoms with E-state index >= 15 is 0 Å². The third kappa shape index (κ3) is 3.68. The molecule has 0 spiro atoms. The number of nitrogens with two attached hydrogens (primary N) is 1. The van der Waals surface area contributed by atoms with E-state index in [1.807, 2.05) is 30.3 Å². The van der Waals surface area contributed by atoms with Gasteiger partial charge in [-0.25, -0.2) is 0 Å². The molecule has 2 atom stereocenters. The number of aliphatic hydroxyl groups is 1. The molecule has 2 rings (SSSR count). The molecule has 102 valence electrons. The van der Waals surface area contributed by atoms with Gasteiger partial charge in [-0.1, -0.05) is 28.1 Å². The Morgan fingerprint density at radius 1 is 1.21 bits per heavy atom. The van der Waals surface area contributed by atoms with Crippen molar-refractivity contribution in [1.29, 1.82) is 0 Å². The average Bonchev–Trinajstić information content (AvgIpc) is 2.70. The van der Waals surface area contributed by atoms with Crippen LogP contribution >= 0.6 is 59.1 Å². The SMILES string of the molecule is NCC(c1cccc(Br)c1)C(O)c1cc(Br)c(Br)s1. The highest BCUT2D eigenvalue weighted by atomic mass is 79.9. The van der Waals surface area contributed by atoms with Crippen LogP contribution in [0.25, 0.3) is 0 Å². The van der Waals surface area contributed by atoms with Gasteiger partial charge in [-0.3, -0.25) is 0 Å². The van der Waals surface area contributed by atoms with Crippen LogP contribution in [0.4, 0.5) is 0 Å². The largest absolute Gasteiger partial charge is 0.387 e. The first-order valence-corrected chi connectivity index (χ1v) is 8.80. The number of aliphatic hydroxyl groups excluding tert-OH is 1. The summed E-state index contributed by atoms with van der Waals surface area (Å²) in [5.74, 6) is -0.116. The van der Waals surface area contributed by atoms with E-state index in [1.165, 1.54) is 11.3 Å². The van der Waals surface area contributed by atoms with Crippen LogP contribution in [0.15, 0.2) is 43.1 Å². The smallest absolute Gasteiger partial charge is 0.0963 e. The molecule has 0 aliphatic rings. The molecule has 0 radical (unpaired) electrons. The molecule has 0 aliphatic carbocycles. The lowest BCUT2D eigenvalue weighted by atomic mass is 9.92. The Kier molecular flexibility index (Phi) is 5.63. The highest BCUT2D eigenvalue weighted by Gasteiger charge is 2.24. The molecule has 0 amide bonds. The molecule has 2 nitrogen and oxygen atoms in total. The molecule has 19 heavy (non-hydrogen) atoms. The fourth-order valence-corrected chi connectivity index (χ4v) is 4.45. The summed E-state index contributed by atoms with van der Waals surface area (Å²) in [6.45, 7) is 0.394. The summed E-state index contributed by atoms with van der Waals surface area (Å²) < 4.78 is 2.92. The number of hydrogen-bond donors (Lipinski definition) is 2. The maximum absolute atomic E-state index is 10.5. The summed E-state index contributed by atoms with van der Waals surface area (Å²) in [5, 5.41) is 10.5. The van der Waals surface area contributed by atoms with Crippen molar-refractivity contribution in [3.8, 4) is 0 Å². The summed E-state index contributed by atoms with van der Waals surface area (Å²) in [7, 11) is 0. The standard InChI is InChI=1S/C13H12Br3NOS/c14-8-3-1-2-7(4-8)9(6-17)12(18)11-5-10(15)13(16)19-11/h1-5,9,12,18H,6,17H2. The number of hydrogen-bond acceptors (Lipinski definition) is 3. The summed E-state index contributed by atoms with van der Waals surface area (Å²) in [5.41, 5.74) is 6.88. The number of rotatable bonds is 4. The zero-order chi connectivity index (χ0) is 14.0. The normalized spacial score (nSPS) is 14.4. The first-order valence-electron chi connectivity index (χ1n) is 5.61. The van der Waals surface area contributed by atoms with Gasteiger partial charge in [-0.05, 0) is 55.6 Å². The van der Waals surface area contributed by atoms with Crippen LogP contribution in [-0.4, -0.2) is 11.7 Å². The topological polar surface area (TPSA) is 46.2 Å². The van der Waals surface area contributed by atoms with Crippen molar-refractivity contribution in [2.45, 2.75) is 12.0 Å². The van der Waals surface area contributed by atoms with E-state index in [0.717, 1.165) is 23.2 Å². The zero-order valence-corrected chi connectivity index (χ0v) is 15.4. The van der Waals surface area contributed by atoms with Gasteiger partial charge >= 0.3 is 0 Å². The highest BCUT2D eigenvalue weighted by molar-refractivity contribution is 9.13. The fraction of sp³-hybridized carbons (Fsp3) is 0.231. The molecule has 6 heteroatoms. The van der Waals surface area contributed by atoms with Gasteiger partial charge in [0, 0.05) is 26.3 Å². The monoisotopic (exact) mass is 467 g/mol. The number of halogens is 3. The first-order chi connectivity index (χ1) is 9.02. The van der Waals surface area contributed by atoms with E-state index in [1.54, 1.807) is 0 Å². The van der Waals surface area contributed by atoms with Crippen LogP contribution < -0.4 is 5.73 Å². The molecule has 3 N–H and O–H groups in total. The minimum atomic E-state index is -0.605. The third-order valence-electron chi connectivity index (χ3n) is 2.87. The number of benzene rings is 1. The van der Waals surface area contributed by atoms with Crippen molar-refractivity contribution >= 4 is 59.1 Å². The van der Waals surface area contributed by atoms with E-state index < -0.39 is 6.10 Å². The van der Waals surface area contributed by atoms with Crippen molar-refractivity contribution in [2.75, 3.05) is 6.54 Å². The van der Waals surface area contributed by atoms with Gasteiger partial charge in [0.15, 0.2) is 0 Å². The summed E-state index contributed by atoms with van der Waals surface area (Å²) in [6, 6.07) is 9.83. The second kappa shape index (κ2) is 6.83. The van der Waals surface area contributed by atoms with Crippen molar-refractivity contribution in [3.05, 3.63) is 53.5 Å². The molecule has 0 saturated heterocycles. The Bertz CT molecular complexity index is 553. The van der Waals surface area contributed by atoms with Crippen LogP contribution in [-0.2, 0) is 0 Å². The van der Waals surface area contributed by atoms with Gasteiger partial charge in [0.25, 0.3) is 0 Å². The predicted octanol–water partition coefficient (Wildman–Crippen LogP) is 4.81. The summed E-state index contributed by atoms with van der Waals surface area (Å²) in [6.07, 6.45) is -0.605.